The zero-order valence-corrected chi connectivity index (χ0v) is 24.4. The fraction of sp³-hybridized carbons (Fsp3) is 0.517. The van der Waals surface area contributed by atoms with Gasteiger partial charge in [0, 0.05) is 31.3 Å². The second-order valence-corrected chi connectivity index (χ2v) is 10.8. The third kappa shape index (κ3) is 9.09. The number of amides is 4. The van der Waals surface area contributed by atoms with E-state index >= 15 is 0 Å². The van der Waals surface area contributed by atoms with Gasteiger partial charge in [-0.25, -0.2) is 9.78 Å². The number of hydrogen-bond acceptors (Lipinski definition) is 8. The van der Waals surface area contributed by atoms with Crippen LogP contribution in [0.3, 0.4) is 0 Å². The Kier molecular flexibility index (Phi) is 12.2. The molecule has 2 heterocycles. The van der Waals surface area contributed by atoms with Gasteiger partial charge >= 0.3 is 5.97 Å². The summed E-state index contributed by atoms with van der Waals surface area (Å²) >= 11 is 0. The van der Waals surface area contributed by atoms with Gasteiger partial charge in [-0.15, -0.1) is 0 Å². The number of carboxylic acid groups (broad SMARTS) is 1. The highest BCUT2D eigenvalue weighted by Crippen LogP contribution is 2.20. The van der Waals surface area contributed by atoms with Crippen molar-refractivity contribution >= 4 is 29.6 Å². The minimum absolute atomic E-state index is 0.0263. The molecule has 6 atom stereocenters. The molecule has 0 bridgehead atoms. The van der Waals surface area contributed by atoms with Gasteiger partial charge in [-0.3, -0.25) is 19.2 Å². The highest BCUT2D eigenvalue weighted by atomic mass is 16.4. The first-order chi connectivity index (χ1) is 20.5. The van der Waals surface area contributed by atoms with E-state index in [4.69, 9.17) is 5.73 Å². The van der Waals surface area contributed by atoms with Crippen LogP contribution in [0.1, 0.15) is 44.4 Å². The lowest BCUT2D eigenvalue weighted by Gasteiger charge is -2.31. The van der Waals surface area contributed by atoms with E-state index in [2.05, 4.69) is 25.9 Å². The first-order valence-corrected chi connectivity index (χ1v) is 14.4. The number of carboxylic acids is 1. The summed E-state index contributed by atoms with van der Waals surface area (Å²) in [6, 6.07) is 3.38. The molecule has 14 heteroatoms. The summed E-state index contributed by atoms with van der Waals surface area (Å²) in [6.07, 6.45) is 4.40. The normalized spacial score (nSPS) is 18.1. The van der Waals surface area contributed by atoms with Gasteiger partial charge in [0.05, 0.1) is 12.9 Å². The second-order valence-electron chi connectivity index (χ2n) is 10.8. The van der Waals surface area contributed by atoms with Crippen LogP contribution in [0.5, 0.6) is 0 Å². The van der Waals surface area contributed by atoms with Crippen molar-refractivity contribution in [1.82, 2.24) is 30.8 Å². The number of aliphatic hydroxyl groups is 1. The molecule has 1 aromatic heterocycles. The highest BCUT2D eigenvalue weighted by molar-refractivity contribution is 5.96. The number of nitrogens with one attached hydrogen (secondary N) is 4. The van der Waals surface area contributed by atoms with Crippen molar-refractivity contribution in [1.29, 1.82) is 0 Å². The molecule has 0 radical (unpaired) electrons. The predicted octanol–water partition coefficient (Wildman–Crippen LogP) is -0.909. The van der Waals surface area contributed by atoms with Crippen LogP contribution in [0.15, 0.2) is 42.9 Å². The molecular weight excluding hydrogens is 558 g/mol. The maximum Gasteiger partial charge on any atom is 0.326 e. The number of aromatic amines is 1. The van der Waals surface area contributed by atoms with Gasteiger partial charge < -0.3 is 41.8 Å². The summed E-state index contributed by atoms with van der Waals surface area (Å²) in [6.45, 7) is 3.23. The molecule has 43 heavy (non-hydrogen) atoms. The summed E-state index contributed by atoms with van der Waals surface area (Å²) in [5.41, 5.74) is 6.92. The van der Waals surface area contributed by atoms with Crippen LogP contribution in [0.25, 0.3) is 0 Å². The van der Waals surface area contributed by atoms with Crippen molar-refractivity contribution in [3.05, 3.63) is 54.1 Å². The fourth-order valence-electron chi connectivity index (χ4n) is 4.94. The van der Waals surface area contributed by atoms with E-state index in [1.54, 1.807) is 37.3 Å². The summed E-state index contributed by atoms with van der Waals surface area (Å²) in [7, 11) is 0. The minimum Gasteiger partial charge on any atom is -0.480 e. The van der Waals surface area contributed by atoms with Crippen molar-refractivity contribution in [2.24, 2.45) is 11.7 Å². The number of imidazole rings is 1. The molecule has 3 rings (SSSR count). The Hall–Kier alpha value is -4.30. The van der Waals surface area contributed by atoms with Crippen LogP contribution in [0.2, 0.25) is 0 Å². The van der Waals surface area contributed by atoms with Gasteiger partial charge in [-0.05, 0) is 24.3 Å². The summed E-state index contributed by atoms with van der Waals surface area (Å²) in [4.78, 5) is 73.3. The van der Waals surface area contributed by atoms with Crippen molar-refractivity contribution in [2.45, 2.75) is 76.2 Å². The lowest BCUT2D eigenvalue weighted by atomic mass is 9.97. The third-order valence-corrected chi connectivity index (χ3v) is 7.66. The third-order valence-electron chi connectivity index (χ3n) is 7.66. The molecule has 0 spiro atoms. The first kappa shape index (κ1) is 33.2. The summed E-state index contributed by atoms with van der Waals surface area (Å²) in [5.74, 6) is -3.99. The lowest BCUT2D eigenvalue weighted by Crippen LogP contribution is -2.60. The number of hydrogen-bond donors (Lipinski definition) is 7. The number of carbonyl (C=O) groups is 5. The van der Waals surface area contributed by atoms with Crippen LogP contribution in [-0.2, 0) is 36.8 Å². The SMILES string of the molecule is CC[C@H](C)[C@H](NC(=O)[C@@H](N)CO)C(=O)N[C@@H](Cc1cnc[nH]1)C(=O)N1CCC[C@H]1C(=O)N[C@@H](Cc1ccccc1)C(=O)O. The van der Waals surface area contributed by atoms with Crippen LogP contribution < -0.4 is 21.7 Å². The Labute approximate surface area is 249 Å². The summed E-state index contributed by atoms with van der Waals surface area (Å²) in [5, 5.41) is 26.9. The van der Waals surface area contributed by atoms with Crippen molar-refractivity contribution in [2.75, 3.05) is 13.2 Å². The molecule has 1 aromatic carbocycles. The molecule has 4 amide bonds. The molecule has 234 valence electrons. The standard InChI is InChI=1S/C29H41N7O7/c1-3-17(2)24(35-25(38)20(30)15-37)27(40)33-21(13-19-14-31-16-32-19)28(41)36-11-7-10-23(36)26(39)34-22(29(42)43)12-18-8-5-4-6-9-18/h4-6,8-9,14,16-17,20-24,37H,3,7,10-13,15,30H2,1-2H3,(H,31,32)(H,33,40)(H,34,39)(H,35,38)(H,42,43)/t17-,20-,21-,22-,23-,24-/m0/s1. The molecule has 0 unspecified atom stereocenters. The number of nitrogens with two attached hydrogens (primary N) is 1. The number of aromatic nitrogens is 2. The van der Waals surface area contributed by atoms with Crippen LogP contribution in [0, 0.1) is 5.92 Å². The van der Waals surface area contributed by atoms with Gasteiger partial charge in [0.2, 0.25) is 23.6 Å². The Morgan fingerprint density at radius 3 is 2.40 bits per heavy atom. The van der Waals surface area contributed by atoms with Crippen LogP contribution in [-0.4, -0.2) is 98.0 Å². The number of aliphatic carboxylic acids is 1. The molecule has 0 saturated carbocycles. The van der Waals surface area contributed by atoms with E-state index in [0.29, 0.717) is 25.0 Å². The number of H-pyrrole nitrogens is 1. The van der Waals surface area contributed by atoms with Crippen molar-refractivity contribution in [3.8, 4) is 0 Å². The van der Waals surface area contributed by atoms with Crippen LogP contribution in [0.4, 0.5) is 0 Å². The molecule has 1 aliphatic heterocycles. The molecule has 1 aliphatic rings. The molecule has 8 N–H and O–H groups in total. The number of likely N-dealkylation sites (tertiary alicyclic amines) is 1. The number of benzene rings is 1. The maximum absolute atomic E-state index is 13.9. The largest absolute Gasteiger partial charge is 0.480 e. The lowest BCUT2D eigenvalue weighted by molar-refractivity contribution is -0.145. The van der Waals surface area contributed by atoms with Gasteiger partial charge in [-0.2, -0.15) is 0 Å². The quantitative estimate of drug-likeness (QED) is 0.135. The average Bonchev–Trinajstić information content (AvgIpc) is 3.71. The maximum atomic E-state index is 13.9. The Morgan fingerprint density at radius 1 is 1.07 bits per heavy atom. The topological polar surface area (TPSA) is 220 Å². The first-order valence-electron chi connectivity index (χ1n) is 14.4. The Morgan fingerprint density at radius 2 is 1.79 bits per heavy atom. The molecule has 0 aliphatic carbocycles. The van der Waals surface area contributed by atoms with Gasteiger partial charge in [0.25, 0.3) is 0 Å². The van der Waals surface area contributed by atoms with Crippen molar-refractivity contribution in [3.63, 3.8) is 0 Å². The predicted molar refractivity (Wildman–Crippen MR) is 155 cm³/mol. The average molecular weight is 600 g/mol. The number of rotatable bonds is 15. The smallest absolute Gasteiger partial charge is 0.326 e. The number of aliphatic hydroxyl groups excluding tert-OH is 1. The Bertz CT molecular complexity index is 1240. The van der Waals surface area contributed by atoms with E-state index < -0.39 is 66.4 Å². The Balaban J connectivity index is 1.79. The molecular formula is C29H41N7O7. The van der Waals surface area contributed by atoms with Gasteiger partial charge in [0.15, 0.2) is 0 Å². The van der Waals surface area contributed by atoms with E-state index in [-0.39, 0.29) is 25.3 Å². The fourth-order valence-corrected chi connectivity index (χ4v) is 4.94. The highest BCUT2D eigenvalue weighted by Gasteiger charge is 2.40. The van der Waals surface area contributed by atoms with Crippen molar-refractivity contribution < 1.29 is 34.2 Å². The van der Waals surface area contributed by atoms with E-state index in [9.17, 15) is 34.2 Å². The van der Waals surface area contributed by atoms with Gasteiger partial charge in [-0.1, -0.05) is 50.6 Å². The summed E-state index contributed by atoms with van der Waals surface area (Å²) < 4.78 is 0. The van der Waals surface area contributed by atoms with Gasteiger partial charge in [0.1, 0.15) is 30.2 Å². The van der Waals surface area contributed by atoms with E-state index in [1.165, 1.54) is 17.4 Å². The number of carbonyl (C=O) groups excluding carboxylic acids is 4. The monoisotopic (exact) mass is 599 g/mol. The zero-order valence-electron chi connectivity index (χ0n) is 24.4. The second kappa shape index (κ2) is 15.8. The zero-order chi connectivity index (χ0) is 31.5. The van der Waals surface area contributed by atoms with E-state index in [0.717, 1.165) is 5.56 Å². The van der Waals surface area contributed by atoms with Crippen LogP contribution >= 0.6 is 0 Å². The molecule has 2 aromatic rings. The molecule has 1 saturated heterocycles. The number of nitrogens with zero attached hydrogens (tertiary/aromatic N) is 2. The molecule has 14 nitrogen and oxygen atoms in total. The minimum atomic E-state index is -1.22. The molecule has 1 fully saturated rings. The van der Waals surface area contributed by atoms with E-state index in [1.807, 2.05) is 6.92 Å².